The van der Waals surface area contributed by atoms with E-state index in [-0.39, 0.29) is 5.78 Å². The van der Waals surface area contributed by atoms with Gasteiger partial charge in [-0.1, -0.05) is 29.8 Å². The molecule has 1 aromatic carbocycles. The van der Waals surface area contributed by atoms with Gasteiger partial charge in [0.15, 0.2) is 5.78 Å². The van der Waals surface area contributed by atoms with E-state index < -0.39 is 0 Å². The molecular formula is C21H21ClN6OS. The first-order valence-electron chi connectivity index (χ1n) is 9.58. The Bertz CT molecular complexity index is 1160. The monoisotopic (exact) mass is 440 g/mol. The van der Waals surface area contributed by atoms with Gasteiger partial charge in [0.1, 0.15) is 18.5 Å². The second-order valence-corrected chi connectivity index (χ2v) is 8.44. The van der Waals surface area contributed by atoms with E-state index in [1.54, 1.807) is 23.3 Å². The zero-order valence-corrected chi connectivity index (χ0v) is 17.8. The molecule has 3 aromatic heterocycles. The van der Waals surface area contributed by atoms with Gasteiger partial charge in [-0.25, -0.2) is 9.97 Å². The Morgan fingerprint density at radius 2 is 2.17 bits per heavy atom. The second-order valence-electron chi connectivity index (χ2n) is 6.89. The van der Waals surface area contributed by atoms with E-state index in [0.717, 1.165) is 34.3 Å². The molecule has 0 aliphatic heterocycles. The highest BCUT2D eigenvalue weighted by atomic mass is 35.5. The molecule has 0 spiro atoms. The number of nitrogens with zero attached hydrogens (tertiary/aromatic N) is 4. The average molecular weight is 441 g/mol. The van der Waals surface area contributed by atoms with Crippen LogP contribution in [0.3, 0.4) is 0 Å². The maximum atomic E-state index is 12.7. The smallest absolute Gasteiger partial charge is 0.173 e. The Morgan fingerprint density at radius 3 is 3.00 bits per heavy atom. The number of nitrogens with one attached hydrogen (secondary N) is 1. The summed E-state index contributed by atoms with van der Waals surface area (Å²) in [6.07, 6.45) is 5.98. The van der Waals surface area contributed by atoms with Crippen molar-refractivity contribution in [2.45, 2.75) is 25.9 Å². The van der Waals surface area contributed by atoms with Crippen LogP contribution < -0.4 is 11.1 Å². The molecule has 0 saturated heterocycles. The number of carbonyl (C=O) groups is 1. The van der Waals surface area contributed by atoms with E-state index in [2.05, 4.69) is 26.4 Å². The minimum absolute atomic E-state index is 0.102. The van der Waals surface area contributed by atoms with Crippen LogP contribution in [0.15, 0.2) is 49.2 Å². The van der Waals surface area contributed by atoms with Gasteiger partial charge in [-0.05, 0) is 29.5 Å². The summed E-state index contributed by atoms with van der Waals surface area (Å²) in [6, 6.07) is 9.72. The van der Waals surface area contributed by atoms with E-state index in [0.29, 0.717) is 35.1 Å². The number of ketones is 1. The number of aromatic nitrogens is 4. The maximum absolute atomic E-state index is 12.7. The number of fused-ring (bicyclic) bond motifs is 1. The highest BCUT2D eigenvalue weighted by molar-refractivity contribution is 7.14. The average Bonchev–Trinajstić information content (AvgIpc) is 3.39. The van der Waals surface area contributed by atoms with Crippen LogP contribution in [0.2, 0.25) is 5.02 Å². The van der Waals surface area contributed by atoms with Crippen LogP contribution in [0.5, 0.6) is 0 Å². The number of anilines is 1. The molecule has 0 saturated carbocycles. The van der Waals surface area contributed by atoms with Gasteiger partial charge in [0, 0.05) is 36.0 Å². The summed E-state index contributed by atoms with van der Waals surface area (Å²) in [7, 11) is 0. The van der Waals surface area contributed by atoms with Gasteiger partial charge < -0.3 is 11.1 Å². The number of pyridine rings is 1. The molecule has 30 heavy (non-hydrogen) atoms. The molecule has 154 valence electrons. The fourth-order valence-electron chi connectivity index (χ4n) is 3.20. The van der Waals surface area contributed by atoms with E-state index >= 15 is 0 Å². The van der Waals surface area contributed by atoms with Crippen LogP contribution in [0, 0.1) is 0 Å². The molecule has 4 aromatic rings. The molecule has 0 amide bonds. The summed E-state index contributed by atoms with van der Waals surface area (Å²) in [5.74, 6) is 0.621. The molecule has 0 unspecified atom stereocenters. The number of rotatable bonds is 9. The highest BCUT2D eigenvalue weighted by Crippen LogP contribution is 2.28. The molecule has 0 atom stereocenters. The van der Waals surface area contributed by atoms with Crippen molar-refractivity contribution in [3.05, 3.63) is 69.5 Å². The number of aryl methyl sites for hydroxylation is 1. The molecule has 0 aliphatic rings. The van der Waals surface area contributed by atoms with Crippen molar-refractivity contribution in [3.8, 4) is 0 Å². The number of nitrogen functional groups attached to an aromatic ring is 1. The number of benzene rings is 1. The van der Waals surface area contributed by atoms with E-state index in [9.17, 15) is 4.79 Å². The normalized spacial score (nSPS) is 11.2. The minimum atomic E-state index is 0.102. The van der Waals surface area contributed by atoms with E-state index in [1.165, 1.54) is 17.7 Å². The number of halogens is 1. The first kappa shape index (κ1) is 20.5. The third-order valence-corrected chi connectivity index (χ3v) is 6.43. The molecule has 3 N–H and O–H groups in total. The minimum Gasteiger partial charge on any atom is -0.383 e. The SMILES string of the molecule is Nc1nccc2cc(CCC(=O)c3cc(Cl)c(CNCCn4cncn4)s3)ccc12. The zero-order chi connectivity index (χ0) is 20.9. The van der Waals surface area contributed by atoms with Crippen molar-refractivity contribution in [2.24, 2.45) is 0 Å². The Morgan fingerprint density at radius 1 is 1.27 bits per heavy atom. The molecular weight excluding hydrogens is 420 g/mol. The van der Waals surface area contributed by atoms with Gasteiger partial charge in [-0.2, -0.15) is 5.10 Å². The number of carbonyl (C=O) groups excluding carboxylic acids is 1. The van der Waals surface area contributed by atoms with Gasteiger partial charge in [-0.3, -0.25) is 9.48 Å². The van der Waals surface area contributed by atoms with Crippen LogP contribution in [-0.2, 0) is 19.5 Å². The second kappa shape index (κ2) is 9.34. The summed E-state index contributed by atoms with van der Waals surface area (Å²) in [5, 5.41) is 9.98. The molecule has 0 bridgehead atoms. The predicted octanol–water partition coefficient (Wildman–Crippen LogP) is 3.73. The molecule has 4 rings (SSSR count). The summed E-state index contributed by atoms with van der Waals surface area (Å²) in [5.41, 5.74) is 7.00. The van der Waals surface area contributed by atoms with Crippen molar-refractivity contribution < 1.29 is 4.79 Å². The van der Waals surface area contributed by atoms with Crippen LogP contribution in [0.25, 0.3) is 10.8 Å². The molecule has 3 heterocycles. The number of thiophene rings is 1. The van der Waals surface area contributed by atoms with Crippen molar-refractivity contribution in [1.82, 2.24) is 25.1 Å². The standard InChI is InChI=1S/C21H21ClN6OS/c22-17-10-19(30-20(17)11-24-7-8-28-13-25-12-27-28)18(29)4-2-14-1-3-16-15(9-14)5-6-26-21(16)23/h1,3,5-6,9-10,12-13,24H,2,4,7-8,11H2,(H2,23,26). The number of Topliss-reactive ketones (excluding diaryl/α,β-unsaturated/α-hetero) is 1. The van der Waals surface area contributed by atoms with Crippen LogP contribution in [0.4, 0.5) is 5.82 Å². The Kier molecular flexibility index (Phi) is 6.37. The van der Waals surface area contributed by atoms with Crippen molar-refractivity contribution in [2.75, 3.05) is 12.3 Å². The number of nitrogens with two attached hydrogens (primary N) is 1. The molecule has 0 aliphatic carbocycles. The molecule has 7 nitrogen and oxygen atoms in total. The van der Waals surface area contributed by atoms with Gasteiger partial charge in [0.25, 0.3) is 0 Å². The summed E-state index contributed by atoms with van der Waals surface area (Å²) >= 11 is 7.79. The van der Waals surface area contributed by atoms with Crippen LogP contribution in [0.1, 0.15) is 26.5 Å². The van der Waals surface area contributed by atoms with Crippen molar-refractivity contribution in [1.29, 1.82) is 0 Å². The quantitative estimate of drug-likeness (QED) is 0.304. The molecule has 0 radical (unpaired) electrons. The zero-order valence-electron chi connectivity index (χ0n) is 16.2. The summed E-state index contributed by atoms with van der Waals surface area (Å²) in [4.78, 5) is 22.3. The van der Waals surface area contributed by atoms with Gasteiger partial charge in [0.05, 0.1) is 16.4 Å². The van der Waals surface area contributed by atoms with Gasteiger partial charge >= 0.3 is 0 Å². The fraction of sp³-hybridized carbons (Fsp3) is 0.238. The third kappa shape index (κ3) is 4.84. The lowest BCUT2D eigenvalue weighted by atomic mass is 10.0. The van der Waals surface area contributed by atoms with Gasteiger partial charge in [0.2, 0.25) is 0 Å². The fourth-order valence-corrected chi connectivity index (χ4v) is 4.54. The number of hydrogen-bond donors (Lipinski definition) is 2. The highest BCUT2D eigenvalue weighted by Gasteiger charge is 2.14. The van der Waals surface area contributed by atoms with Crippen LogP contribution >= 0.6 is 22.9 Å². The topological polar surface area (TPSA) is 98.7 Å². The lowest BCUT2D eigenvalue weighted by Crippen LogP contribution is -2.19. The Hall–Kier alpha value is -2.81. The Labute approximate surface area is 182 Å². The number of hydrogen-bond acceptors (Lipinski definition) is 7. The maximum Gasteiger partial charge on any atom is 0.173 e. The summed E-state index contributed by atoms with van der Waals surface area (Å²) < 4.78 is 1.76. The lowest BCUT2D eigenvalue weighted by Gasteiger charge is -2.05. The van der Waals surface area contributed by atoms with Crippen molar-refractivity contribution in [3.63, 3.8) is 0 Å². The first-order valence-corrected chi connectivity index (χ1v) is 10.8. The predicted molar refractivity (Wildman–Crippen MR) is 120 cm³/mol. The molecule has 9 heteroatoms. The van der Waals surface area contributed by atoms with Crippen LogP contribution in [-0.4, -0.2) is 32.1 Å². The Balaban J connectivity index is 1.32. The van der Waals surface area contributed by atoms with E-state index in [1.807, 2.05) is 18.2 Å². The molecule has 0 fully saturated rings. The largest absolute Gasteiger partial charge is 0.383 e. The van der Waals surface area contributed by atoms with Gasteiger partial charge in [-0.15, -0.1) is 11.3 Å². The van der Waals surface area contributed by atoms with E-state index in [4.69, 9.17) is 17.3 Å². The lowest BCUT2D eigenvalue weighted by molar-refractivity contribution is 0.0986. The van der Waals surface area contributed by atoms with Crippen molar-refractivity contribution >= 4 is 45.3 Å². The summed E-state index contributed by atoms with van der Waals surface area (Å²) in [6.45, 7) is 2.08. The third-order valence-electron chi connectivity index (χ3n) is 4.80. The first-order chi connectivity index (χ1) is 14.6.